The van der Waals surface area contributed by atoms with Crippen LogP contribution in [0.15, 0.2) is 76.3 Å². The van der Waals surface area contributed by atoms with E-state index in [1.165, 1.54) is 11.6 Å². The number of phenolic OH excluding ortho intramolecular Hbond substituents is 1. The molecule has 0 spiro atoms. The van der Waals surface area contributed by atoms with E-state index in [1.807, 2.05) is 37.3 Å². The molecule has 0 bridgehead atoms. The Kier molecular flexibility index (Phi) is 5.30. The molecule has 2 N–H and O–H groups in total. The number of benzene rings is 2. The van der Waals surface area contributed by atoms with Crippen LogP contribution in [0.5, 0.6) is 5.75 Å². The summed E-state index contributed by atoms with van der Waals surface area (Å²) in [7, 11) is 0. The van der Waals surface area contributed by atoms with Crippen molar-refractivity contribution in [3.63, 3.8) is 0 Å². The van der Waals surface area contributed by atoms with Crippen LogP contribution in [0.3, 0.4) is 0 Å². The van der Waals surface area contributed by atoms with Gasteiger partial charge in [-0.2, -0.15) is 0 Å². The highest BCUT2D eigenvalue weighted by Gasteiger charge is 2.14. The second-order valence-corrected chi connectivity index (χ2v) is 6.99. The number of nitrogens with one attached hydrogen (secondary N) is 1. The Hall–Kier alpha value is -3.93. The van der Waals surface area contributed by atoms with E-state index in [9.17, 15) is 9.90 Å². The minimum Gasteiger partial charge on any atom is -0.508 e. The Balaban J connectivity index is 1.82. The minimum absolute atomic E-state index is 0.0746. The number of carbonyl (C=O) groups excluding carboxylic acids is 1. The third kappa shape index (κ3) is 4.22. The molecule has 0 atom stereocenters. The fourth-order valence-electron chi connectivity index (χ4n) is 3.00. The van der Waals surface area contributed by atoms with Gasteiger partial charge >= 0.3 is 0 Å². The Morgan fingerprint density at radius 3 is 2.60 bits per heavy atom. The van der Waals surface area contributed by atoms with Crippen molar-refractivity contribution in [2.45, 2.75) is 20.3 Å². The maximum Gasteiger partial charge on any atom is 0.262 e. The third-order valence-corrected chi connectivity index (χ3v) is 4.71. The molecular weight excluding hydrogens is 378 g/mol. The van der Waals surface area contributed by atoms with Gasteiger partial charge in [0.1, 0.15) is 22.7 Å². The van der Waals surface area contributed by atoms with E-state index in [0.717, 1.165) is 12.0 Å². The number of hydrogen-bond acceptors (Lipinski definition) is 5. The maximum atomic E-state index is 13.0. The fourth-order valence-corrected chi connectivity index (χ4v) is 3.00. The third-order valence-electron chi connectivity index (χ3n) is 4.71. The molecule has 0 aliphatic rings. The summed E-state index contributed by atoms with van der Waals surface area (Å²) in [6, 6.07) is 17.8. The predicted molar refractivity (Wildman–Crippen MR) is 116 cm³/mol. The number of phenols is 1. The van der Waals surface area contributed by atoms with Crippen molar-refractivity contribution < 1.29 is 14.3 Å². The summed E-state index contributed by atoms with van der Waals surface area (Å²) in [5, 5.41) is 13.2. The van der Waals surface area contributed by atoms with E-state index in [-0.39, 0.29) is 22.8 Å². The van der Waals surface area contributed by atoms with Gasteiger partial charge in [0, 0.05) is 17.6 Å². The average molecular weight is 399 g/mol. The molecule has 4 aromatic rings. The number of aryl methyl sites for hydroxylation is 2. The molecule has 0 aliphatic carbocycles. The van der Waals surface area contributed by atoms with Crippen LogP contribution in [0.1, 0.15) is 28.4 Å². The van der Waals surface area contributed by atoms with E-state index in [1.54, 1.807) is 30.5 Å². The van der Waals surface area contributed by atoms with E-state index in [4.69, 9.17) is 4.42 Å². The molecule has 0 aliphatic heterocycles. The van der Waals surface area contributed by atoms with Crippen molar-refractivity contribution in [1.29, 1.82) is 0 Å². The Labute approximate surface area is 173 Å². The molecule has 0 radical (unpaired) electrons. The lowest BCUT2D eigenvalue weighted by molar-refractivity contribution is 0.102. The number of aromatic nitrogens is 1. The van der Waals surface area contributed by atoms with Gasteiger partial charge in [-0.05, 0) is 60.9 Å². The average Bonchev–Trinajstić information content (AvgIpc) is 2.75. The van der Waals surface area contributed by atoms with Crippen LogP contribution < -0.4 is 10.9 Å². The maximum absolute atomic E-state index is 13.0. The Bertz CT molecular complexity index is 1270. The SMILES string of the molecule is CCc1ccc(N=c2oc3cc(O)ccc3cc2C(=O)Nc2ccc(C)cn2)cc1. The van der Waals surface area contributed by atoms with Crippen molar-refractivity contribution in [2.24, 2.45) is 4.99 Å². The van der Waals surface area contributed by atoms with Gasteiger partial charge in [0.15, 0.2) is 0 Å². The van der Waals surface area contributed by atoms with Gasteiger partial charge in [-0.1, -0.05) is 25.1 Å². The van der Waals surface area contributed by atoms with E-state index >= 15 is 0 Å². The lowest BCUT2D eigenvalue weighted by atomic mass is 10.1. The Morgan fingerprint density at radius 1 is 1.10 bits per heavy atom. The van der Waals surface area contributed by atoms with Gasteiger partial charge in [0.25, 0.3) is 5.91 Å². The van der Waals surface area contributed by atoms with Crippen molar-refractivity contribution in [2.75, 3.05) is 5.32 Å². The number of fused-ring (bicyclic) bond motifs is 1. The lowest BCUT2D eigenvalue weighted by Crippen LogP contribution is -2.22. The summed E-state index contributed by atoms with van der Waals surface area (Å²) >= 11 is 0. The van der Waals surface area contributed by atoms with Crippen LogP contribution in [0.25, 0.3) is 11.0 Å². The summed E-state index contributed by atoms with van der Waals surface area (Å²) in [6.45, 7) is 4.01. The second-order valence-electron chi connectivity index (χ2n) is 6.99. The van der Waals surface area contributed by atoms with Gasteiger partial charge in [0.05, 0.1) is 5.69 Å². The smallest absolute Gasteiger partial charge is 0.262 e. The quantitative estimate of drug-likeness (QED) is 0.511. The van der Waals surface area contributed by atoms with Crippen LogP contribution >= 0.6 is 0 Å². The summed E-state index contributed by atoms with van der Waals surface area (Å²) in [5.41, 5.74) is 3.72. The van der Waals surface area contributed by atoms with Gasteiger partial charge in [0.2, 0.25) is 5.55 Å². The summed E-state index contributed by atoms with van der Waals surface area (Å²) in [6.07, 6.45) is 2.61. The normalized spacial score (nSPS) is 11.6. The lowest BCUT2D eigenvalue weighted by Gasteiger charge is -2.07. The molecule has 2 heterocycles. The summed E-state index contributed by atoms with van der Waals surface area (Å²) in [4.78, 5) is 21.8. The molecule has 2 aromatic heterocycles. The topological polar surface area (TPSA) is 87.7 Å². The summed E-state index contributed by atoms with van der Waals surface area (Å²) < 4.78 is 5.90. The molecule has 0 saturated carbocycles. The molecule has 2 aromatic carbocycles. The fraction of sp³-hybridized carbons (Fsp3) is 0.125. The van der Waals surface area contributed by atoms with Crippen LogP contribution in [0.2, 0.25) is 0 Å². The minimum atomic E-state index is -0.381. The highest BCUT2D eigenvalue weighted by molar-refractivity contribution is 6.05. The molecule has 0 fully saturated rings. The molecule has 1 amide bonds. The van der Waals surface area contributed by atoms with Gasteiger partial charge in [-0.15, -0.1) is 0 Å². The van der Waals surface area contributed by atoms with Crippen molar-refractivity contribution in [3.05, 3.63) is 89.1 Å². The molecule has 150 valence electrons. The van der Waals surface area contributed by atoms with E-state index in [2.05, 4.69) is 22.2 Å². The molecule has 6 nitrogen and oxygen atoms in total. The highest BCUT2D eigenvalue weighted by atomic mass is 16.3. The zero-order chi connectivity index (χ0) is 21.1. The monoisotopic (exact) mass is 399 g/mol. The van der Waals surface area contributed by atoms with Crippen molar-refractivity contribution >= 4 is 28.4 Å². The number of aromatic hydroxyl groups is 1. The van der Waals surface area contributed by atoms with Crippen LogP contribution in [0, 0.1) is 6.92 Å². The van der Waals surface area contributed by atoms with Crippen molar-refractivity contribution in [3.8, 4) is 5.75 Å². The van der Waals surface area contributed by atoms with Gasteiger partial charge in [-0.3, -0.25) is 4.79 Å². The number of carbonyl (C=O) groups is 1. The molecule has 30 heavy (non-hydrogen) atoms. The number of nitrogens with zero attached hydrogens (tertiary/aromatic N) is 2. The molecule has 0 saturated heterocycles. The van der Waals surface area contributed by atoms with Crippen molar-refractivity contribution in [1.82, 2.24) is 4.98 Å². The zero-order valence-electron chi connectivity index (χ0n) is 16.7. The van der Waals surface area contributed by atoms with Gasteiger partial charge < -0.3 is 14.8 Å². The number of rotatable bonds is 4. The number of anilines is 1. The standard InChI is InChI=1S/C24H21N3O3/c1-3-16-5-8-18(9-6-16)26-24-20(12-17-7-10-19(28)13-21(17)30-24)23(29)27-22-11-4-15(2)14-25-22/h4-14,28H,3H2,1-2H3,(H,25,27,29). The van der Waals surface area contributed by atoms with Crippen LogP contribution in [0.4, 0.5) is 11.5 Å². The number of hydrogen-bond donors (Lipinski definition) is 2. The number of pyridine rings is 1. The van der Waals surface area contributed by atoms with Crippen LogP contribution in [-0.4, -0.2) is 16.0 Å². The highest BCUT2D eigenvalue weighted by Crippen LogP contribution is 2.21. The van der Waals surface area contributed by atoms with Gasteiger partial charge in [-0.25, -0.2) is 9.98 Å². The second kappa shape index (κ2) is 8.21. The first kappa shape index (κ1) is 19.4. The molecule has 6 heteroatoms. The molecular formula is C24H21N3O3. The van der Waals surface area contributed by atoms with Crippen LogP contribution in [-0.2, 0) is 6.42 Å². The zero-order valence-corrected chi connectivity index (χ0v) is 16.7. The molecule has 4 rings (SSSR count). The first-order chi connectivity index (χ1) is 14.5. The largest absolute Gasteiger partial charge is 0.508 e. The summed E-state index contributed by atoms with van der Waals surface area (Å²) in [5.74, 6) is 0.134. The molecule has 0 unspecified atom stereocenters. The first-order valence-corrected chi connectivity index (χ1v) is 9.66. The Morgan fingerprint density at radius 2 is 1.90 bits per heavy atom. The predicted octanol–water partition coefficient (Wildman–Crippen LogP) is 4.89. The van der Waals surface area contributed by atoms with E-state index < -0.39 is 0 Å². The first-order valence-electron chi connectivity index (χ1n) is 9.66. The number of amides is 1. The van der Waals surface area contributed by atoms with E-state index in [0.29, 0.717) is 22.5 Å².